The minimum Gasteiger partial charge on any atom is -0.488 e. The molecule has 1 aliphatic heterocycles. The van der Waals surface area contributed by atoms with E-state index in [1.54, 1.807) is 37.7 Å². The van der Waals surface area contributed by atoms with Crippen LogP contribution in [0, 0.1) is 5.92 Å². The van der Waals surface area contributed by atoms with Gasteiger partial charge in [0, 0.05) is 43.7 Å². The Hall–Kier alpha value is -3.20. The molecule has 0 aliphatic carbocycles. The van der Waals surface area contributed by atoms with Crippen molar-refractivity contribution < 1.29 is 19.4 Å². The lowest BCUT2D eigenvalue weighted by Crippen LogP contribution is -2.38. The van der Waals surface area contributed by atoms with Gasteiger partial charge in [0.2, 0.25) is 5.91 Å². The van der Waals surface area contributed by atoms with Gasteiger partial charge >= 0.3 is 0 Å². The van der Waals surface area contributed by atoms with Gasteiger partial charge in [0.05, 0.1) is 17.7 Å². The average molecular weight is 428 g/mol. The number of anilines is 2. The van der Waals surface area contributed by atoms with E-state index in [2.05, 4.69) is 15.3 Å². The molecule has 166 valence electrons. The van der Waals surface area contributed by atoms with Crippen LogP contribution in [-0.2, 0) is 0 Å². The Bertz CT molecular complexity index is 1050. The first-order valence-electron chi connectivity index (χ1n) is 10.2. The molecular formula is C22H29N5O4. The summed E-state index contributed by atoms with van der Waals surface area (Å²) in [6, 6.07) is 5.32. The lowest BCUT2D eigenvalue weighted by atomic mass is 10.1. The Morgan fingerprint density at radius 2 is 2.10 bits per heavy atom. The molecule has 3 heterocycles. The van der Waals surface area contributed by atoms with Crippen LogP contribution in [0.2, 0.25) is 0 Å². The summed E-state index contributed by atoms with van der Waals surface area (Å²) < 4.78 is 7.29. The number of rotatable bonds is 5. The first-order valence-corrected chi connectivity index (χ1v) is 10.2. The molecule has 3 rings (SSSR count). The predicted octanol–water partition coefficient (Wildman–Crippen LogP) is 1.74. The van der Waals surface area contributed by atoms with Crippen molar-refractivity contribution in [3.8, 4) is 5.75 Å². The third-order valence-corrected chi connectivity index (χ3v) is 4.80. The summed E-state index contributed by atoms with van der Waals surface area (Å²) >= 11 is 0. The molecule has 0 spiro atoms. The highest BCUT2D eigenvalue weighted by atomic mass is 16.5. The van der Waals surface area contributed by atoms with Crippen LogP contribution in [0.3, 0.4) is 0 Å². The zero-order chi connectivity index (χ0) is 22.8. The van der Waals surface area contributed by atoms with E-state index in [0.29, 0.717) is 35.8 Å². The fourth-order valence-electron chi connectivity index (χ4n) is 3.16. The van der Waals surface area contributed by atoms with Gasteiger partial charge in [-0.25, -0.2) is 4.98 Å². The highest BCUT2D eigenvalue weighted by Crippen LogP contribution is 2.34. The van der Waals surface area contributed by atoms with Crippen LogP contribution in [0.4, 0.5) is 11.5 Å². The van der Waals surface area contributed by atoms with Gasteiger partial charge in [0.15, 0.2) is 11.6 Å². The molecule has 0 unspecified atom stereocenters. The Labute approximate surface area is 181 Å². The summed E-state index contributed by atoms with van der Waals surface area (Å²) in [6.45, 7) is 8.04. The lowest BCUT2D eigenvalue weighted by Gasteiger charge is -2.30. The van der Waals surface area contributed by atoms with Crippen molar-refractivity contribution >= 4 is 23.3 Å². The van der Waals surface area contributed by atoms with Crippen molar-refractivity contribution in [1.29, 1.82) is 0 Å². The number of aliphatic hydroxyl groups is 1. The van der Waals surface area contributed by atoms with E-state index in [-0.39, 0.29) is 24.3 Å². The molecule has 0 atom stereocenters. The predicted molar refractivity (Wildman–Crippen MR) is 117 cm³/mol. The third kappa shape index (κ3) is 5.11. The van der Waals surface area contributed by atoms with Crippen molar-refractivity contribution in [3.05, 3.63) is 41.6 Å². The van der Waals surface area contributed by atoms with E-state index in [9.17, 15) is 14.7 Å². The number of hydrogen-bond donors (Lipinski definition) is 2. The van der Waals surface area contributed by atoms with Gasteiger partial charge in [-0.3, -0.25) is 19.1 Å². The number of aromatic nitrogens is 2. The molecule has 1 amide bonds. The van der Waals surface area contributed by atoms with Crippen LogP contribution in [0.1, 0.15) is 42.8 Å². The summed E-state index contributed by atoms with van der Waals surface area (Å²) in [5.41, 5.74) is 0.715. The highest BCUT2D eigenvalue weighted by molar-refractivity contribution is 5.95. The molecule has 0 aromatic carbocycles. The number of nitrogens with zero attached hydrogens (tertiary/aromatic N) is 4. The molecule has 1 aliphatic rings. The number of pyridine rings is 2. The maximum Gasteiger partial charge on any atom is 0.253 e. The van der Waals surface area contributed by atoms with Crippen LogP contribution >= 0.6 is 0 Å². The number of fused-ring (bicyclic) bond motifs is 1. The first-order chi connectivity index (χ1) is 14.6. The Kier molecular flexibility index (Phi) is 6.45. The zero-order valence-electron chi connectivity index (χ0n) is 18.5. The van der Waals surface area contributed by atoms with Gasteiger partial charge < -0.3 is 20.1 Å². The second-order valence-corrected chi connectivity index (χ2v) is 8.37. The molecule has 2 aromatic rings. The van der Waals surface area contributed by atoms with Gasteiger partial charge in [0.1, 0.15) is 12.1 Å². The summed E-state index contributed by atoms with van der Waals surface area (Å²) in [4.78, 5) is 35.5. The van der Waals surface area contributed by atoms with Crippen molar-refractivity contribution in [3.63, 3.8) is 0 Å². The fraction of sp³-hybridized carbons (Fsp3) is 0.455. The maximum absolute atomic E-state index is 12.4. The van der Waals surface area contributed by atoms with Gasteiger partial charge in [-0.05, 0) is 26.0 Å². The summed E-state index contributed by atoms with van der Waals surface area (Å²) in [5.74, 6) is 0.558. The monoisotopic (exact) mass is 427 g/mol. The number of hydrogen-bond acceptors (Lipinski definition) is 7. The number of carbonyl (C=O) groups is 2. The third-order valence-electron chi connectivity index (χ3n) is 4.80. The molecule has 0 bridgehead atoms. The van der Waals surface area contributed by atoms with Crippen LogP contribution in [0.15, 0.2) is 35.6 Å². The topological polar surface area (TPSA) is 109 Å². The van der Waals surface area contributed by atoms with E-state index in [1.165, 1.54) is 6.20 Å². The number of carbonyl (C=O) groups excluding carboxylic acids is 2. The van der Waals surface area contributed by atoms with E-state index in [1.807, 2.05) is 30.9 Å². The molecule has 9 nitrogen and oxygen atoms in total. The van der Waals surface area contributed by atoms with Crippen molar-refractivity contribution in [1.82, 2.24) is 14.9 Å². The SMILES string of the molecule is CN=c1cc(N2CCOc3cc(C(=O)NCC(C)(C)O)cnc32)ccn1C(=O)C(C)C. The lowest BCUT2D eigenvalue weighted by molar-refractivity contribution is 0.0694. The van der Waals surface area contributed by atoms with Crippen LogP contribution in [0.25, 0.3) is 0 Å². The summed E-state index contributed by atoms with van der Waals surface area (Å²) in [5, 5.41) is 12.5. The van der Waals surface area contributed by atoms with Gasteiger partial charge in [-0.2, -0.15) is 0 Å². The van der Waals surface area contributed by atoms with Crippen LogP contribution < -0.4 is 20.4 Å². The van der Waals surface area contributed by atoms with Crippen LogP contribution in [-0.4, -0.2) is 58.8 Å². The molecule has 0 saturated heterocycles. The number of ether oxygens (including phenoxy) is 1. The van der Waals surface area contributed by atoms with E-state index < -0.39 is 5.60 Å². The smallest absolute Gasteiger partial charge is 0.253 e. The van der Waals surface area contributed by atoms with Crippen molar-refractivity contribution in [2.75, 3.05) is 31.6 Å². The Balaban J connectivity index is 1.90. The standard InChI is InChI=1S/C22H29N5O4/c1-14(2)21(29)27-7-6-16(11-18(27)23-5)26-8-9-31-17-10-15(12-24-19(17)26)20(28)25-13-22(3,4)30/h6-7,10-12,14,30H,8-9,13H2,1-5H3,(H,25,28). The van der Waals surface area contributed by atoms with E-state index in [4.69, 9.17) is 4.74 Å². The van der Waals surface area contributed by atoms with Gasteiger partial charge in [-0.15, -0.1) is 0 Å². The molecule has 9 heteroatoms. The Morgan fingerprint density at radius 1 is 1.35 bits per heavy atom. The number of amides is 1. The molecular weight excluding hydrogens is 398 g/mol. The Morgan fingerprint density at radius 3 is 2.74 bits per heavy atom. The largest absolute Gasteiger partial charge is 0.488 e. The first kappa shape index (κ1) is 22.5. The second kappa shape index (κ2) is 8.89. The fourth-order valence-corrected chi connectivity index (χ4v) is 3.16. The summed E-state index contributed by atoms with van der Waals surface area (Å²) in [6.07, 6.45) is 3.20. The molecule has 0 fully saturated rings. The quantitative estimate of drug-likeness (QED) is 0.752. The minimum atomic E-state index is -1.01. The van der Waals surface area contributed by atoms with Crippen molar-refractivity contribution in [2.24, 2.45) is 10.9 Å². The number of nitrogens with one attached hydrogen (secondary N) is 1. The molecule has 2 N–H and O–H groups in total. The van der Waals surface area contributed by atoms with E-state index in [0.717, 1.165) is 5.69 Å². The molecule has 31 heavy (non-hydrogen) atoms. The minimum absolute atomic E-state index is 0.0330. The van der Waals surface area contributed by atoms with E-state index >= 15 is 0 Å². The highest BCUT2D eigenvalue weighted by Gasteiger charge is 2.24. The molecule has 2 aromatic heterocycles. The molecule has 0 saturated carbocycles. The normalized spacial score (nSPS) is 14.3. The van der Waals surface area contributed by atoms with Gasteiger partial charge in [-0.1, -0.05) is 13.8 Å². The maximum atomic E-state index is 12.4. The zero-order valence-corrected chi connectivity index (χ0v) is 18.5. The average Bonchev–Trinajstić information content (AvgIpc) is 2.75. The van der Waals surface area contributed by atoms with Crippen LogP contribution in [0.5, 0.6) is 5.75 Å². The summed E-state index contributed by atoms with van der Waals surface area (Å²) in [7, 11) is 1.65. The molecule has 0 radical (unpaired) electrons. The van der Waals surface area contributed by atoms with Gasteiger partial charge in [0.25, 0.3) is 5.91 Å². The van der Waals surface area contributed by atoms with Crippen molar-refractivity contribution in [2.45, 2.75) is 33.3 Å². The second-order valence-electron chi connectivity index (χ2n) is 8.37.